The summed E-state index contributed by atoms with van der Waals surface area (Å²) in [6.45, 7) is -0.363. The van der Waals surface area contributed by atoms with Gasteiger partial charge in [-0.2, -0.15) is 0 Å². The van der Waals surface area contributed by atoms with Gasteiger partial charge >= 0.3 is 0 Å². The molecule has 2 rings (SSSR count). The predicted molar refractivity (Wildman–Crippen MR) is 59.0 cm³/mol. The average molecular weight is 277 g/mol. The minimum Gasteiger partial charge on any atom is -0.494 e. The van der Waals surface area contributed by atoms with Gasteiger partial charge in [0, 0.05) is 11.6 Å². The molecule has 1 fully saturated rings. The molecule has 0 spiro atoms. The van der Waals surface area contributed by atoms with E-state index in [4.69, 9.17) is 9.84 Å². The summed E-state index contributed by atoms with van der Waals surface area (Å²) in [7, 11) is 0. The number of H-pyrrole nitrogens is 1. The number of aliphatic hydroxyl groups excluding tert-OH is 2. The van der Waals surface area contributed by atoms with Gasteiger partial charge < -0.3 is 20.1 Å². The molecule has 6 nitrogen and oxygen atoms in total. The Balaban J connectivity index is 2.48. The minimum absolute atomic E-state index is 0.225. The first-order valence-electron chi connectivity index (χ1n) is 5.49. The number of pyridine rings is 1. The average Bonchev–Trinajstić information content (AvgIpc) is 2.51. The Morgan fingerprint density at radius 1 is 1.47 bits per heavy atom. The molecule has 19 heavy (non-hydrogen) atoms. The third-order valence-corrected chi connectivity index (χ3v) is 3.20. The molecule has 0 saturated carbocycles. The van der Waals surface area contributed by atoms with Crippen molar-refractivity contribution in [2.75, 3.05) is 6.61 Å². The molecule has 0 amide bonds. The maximum Gasteiger partial charge on any atom is 0.262 e. The van der Waals surface area contributed by atoms with Crippen LogP contribution in [0.15, 0.2) is 16.9 Å². The van der Waals surface area contributed by atoms with Crippen LogP contribution in [0.1, 0.15) is 18.6 Å². The van der Waals surface area contributed by atoms with Crippen LogP contribution < -0.4 is 5.56 Å². The number of aliphatic hydroxyl groups is 2. The van der Waals surface area contributed by atoms with E-state index >= 15 is 0 Å². The Morgan fingerprint density at radius 2 is 2.11 bits per heavy atom. The highest BCUT2D eigenvalue weighted by atomic mass is 19.2. The molecule has 1 aliphatic rings. The quantitative estimate of drug-likeness (QED) is 0.604. The molecule has 0 aliphatic carbocycles. The van der Waals surface area contributed by atoms with Crippen molar-refractivity contribution in [3.05, 3.63) is 28.0 Å². The number of aromatic amines is 1. The van der Waals surface area contributed by atoms with Gasteiger partial charge in [-0.05, 0) is 13.0 Å². The maximum absolute atomic E-state index is 14.4. The highest BCUT2D eigenvalue weighted by Crippen LogP contribution is 2.50. The van der Waals surface area contributed by atoms with Crippen LogP contribution in [0, 0.1) is 0 Å². The molecule has 1 aromatic rings. The van der Waals surface area contributed by atoms with Crippen LogP contribution in [0.25, 0.3) is 0 Å². The summed E-state index contributed by atoms with van der Waals surface area (Å²) < 4.78 is 33.1. The Hall–Kier alpha value is -1.51. The van der Waals surface area contributed by atoms with Gasteiger partial charge in [0.2, 0.25) is 0 Å². The second kappa shape index (κ2) is 4.26. The smallest absolute Gasteiger partial charge is 0.262 e. The molecule has 0 unspecified atom stereocenters. The topological polar surface area (TPSA) is 103 Å². The van der Waals surface area contributed by atoms with Crippen LogP contribution >= 0.6 is 0 Å². The summed E-state index contributed by atoms with van der Waals surface area (Å²) in [6.07, 6.45) is -3.90. The first-order valence-corrected chi connectivity index (χ1v) is 5.49. The van der Waals surface area contributed by atoms with Gasteiger partial charge in [0.15, 0.2) is 17.7 Å². The van der Waals surface area contributed by atoms with Crippen LogP contribution in [-0.4, -0.2) is 44.5 Å². The monoisotopic (exact) mass is 277 g/mol. The van der Waals surface area contributed by atoms with E-state index in [-0.39, 0.29) is 5.56 Å². The van der Waals surface area contributed by atoms with Crippen molar-refractivity contribution in [1.29, 1.82) is 0 Å². The van der Waals surface area contributed by atoms with Gasteiger partial charge in [-0.1, -0.05) is 0 Å². The van der Waals surface area contributed by atoms with E-state index in [2.05, 4.69) is 0 Å². The van der Waals surface area contributed by atoms with E-state index in [1.54, 1.807) is 0 Å². The summed E-state index contributed by atoms with van der Waals surface area (Å²) in [5.74, 6) is -3.66. The standard InChI is InChI=1S/C11H13F2NO5/c1-10(12)7(19-11(13,4-15)9(10)18)5-2-3-6(16)14-8(5)17/h2-3,7,9,15,18H,4H2,1H3,(H2,14,16,17)/t7-,9-,10-,11+/m0/s1. The number of alkyl halides is 2. The van der Waals surface area contributed by atoms with Crippen LogP contribution in [0.5, 0.6) is 5.88 Å². The van der Waals surface area contributed by atoms with Gasteiger partial charge in [-0.15, -0.1) is 0 Å². The molecule has 1 saturated heterocycles. The second-order valence-corrected chi connectivity index (χ2v) is 4.62. The van der Waals surface area contributed by atoms with Crippen molar-refractivity contribution in [3.63, 3.8) is 0 Å². The fraction of sp³-hybridized carbons (Fsp3) is 0.545. The Morgan fingerprint density at radius 3 is 2.58 bits per heavy atom. The van der Waals surface area contributed by atoms with E-state index in [0.717, 1.165) is 19.1 Å². The summed E-state index contributed by atoms with van der Waals surface area (Å²) in [6, 6.07) is 2.06. The number of aromatic nitrogens is 1. The normalized spacial score (nSPS) is 38.6. The molecular weight excluding hydrogens is 264 g/mol. The predicted octanol–water partition coefficient (Wildman–Crippen LogP) is -0.101. The molecule has 1 aliphatic heterocycles. The summed E-state index contributed by atoms with van der Waals surface area (Å²) in [4.78, 5) is 13.0. The number of rotatable bonds is 2. The zero-order valence-corrected chi connectivity index (χ0v) is 9.93. The van der Waals surface area contributed by atoms with Crippen LogP contribution in [0.2, 0.25) is 0 Å². The Kier molecular flexibility index (Phi) is 3.12. The second-order valence-electron chi connectivity index (χ2n) is 4.62. The molecule has 2 heterocycles. The molecule has 0 bridgehead atoms. The summed E-state index contributed by atoms with van der Waals surface area (Å²) in [5.41, 5.74) is -3.45. The number of hydrogen-bond donors (Lipinski definition) is 4. The van der Waals surface area contributed by atoms with Gasteiger partial charge in [0.1, 0.15) is 12.7 Å². The highest BCUT2D eigenvalue weighted by molar-refractivity contribution is 5.31. The Labute approximate surface area is 106 Å². The van der Waals surface area contributed by atoms with Crippen molar-refractivity contribution >= 4 is 0 Å². The van der Waals surface area contributed by atoms with Crippen molar-refractivity contribution in [3.8, 4) is 5.88 Å². The number of aromatic hydroxyl groups is 1. The number of ether oxygens (including phenoxy) is 1. The number of nitrogens with one attached hydrogen (secondary N) is 1. The molecule has 106 valence electrons. The van der Waals surface area contributed by atoms with E-state index in [1.165, 1.54) is 0 Å². The van der Waals surface area contributed by atoms with Gasteiger partial charge in [-0.3, -0.25) is 9.78 Å². The van der Waals surface area contributed by atoms with E-state index < -0.39 is 41.8 Å². The first kappa shape index (κ1) is 13.9. The lowest BCUT2D eigenvalue weighted by molar-refractivity contribution is -0.197. The van der Waals surface area contributed by atoms with Crippen LogP contribution in [0.3, 0.4) is 0 Å². The SMILES string of the molecule is C[C@]1(F)[C@H](c2ccc(=O)[nH]c2O)O[C@](F)(CO)[C@H]1O. The number of hydrogen-bond acceptors (Lipinski definition) is 5. The third kappa shape index (κ3) is 2.01. The fourth-order valence-corrected chi connectivity index (χ4v) is 2.12. The molecule has 1 aromatic heterocycles. The zero-order valence-electron chi connectivity index (χ0n) is 9.93. The lowest BCUT2D eigenvalue weighted by atomic mass is 9.90. The van der Waals surface area contributed by atoms with Crippen molar-refractivity contribution in [2.24, 2.45) is 0 Å². The van der Waals surface area contributed by atoms with Crippen LogP contribution in [-0.2, 0) is 4.74 Å². The van der Waals surface area contributed by atoms with E-state index in [9.17, 15) is 23.8 Å². The van der Waals surface area contributed by atoms with Gasteiger partial charge in [0.25, 0.3) is 11.4 Å². The van der Waals surface area contributed by atoms with E-state index in [1.807, 2.05) is 4.98 Å². The zero-order chi connectivity index (χ0) is 14.4. The van der Waals surface area contributed by atoms with Crippen LogP contribution in [0.4, 0.5) is 8.78 Å². The third-order valence-electron chi connectivity index (χ3n) is 3.20. The van der Waals surface area contributed by atoms with Gasteiger partial charge in [-0.25, -0.2) is 8.78 Å². The van der Waals surface area contributed by atoms with E-state index in [0.29, 0.717) is 0 Å². The van der Waals surface area contributed by atoms with Crippen molar-refractivity contribution in [2.45, 2.75) is 30.7 Å². The summed E-state index contributed by atoms with van der Waals surface area (Å²) >= 11 is 0. The number of halogens is 2. The lowest BCUT2D eigenvalue weighted by Gasteiger charge is -2.24. The Bertz CT molecular complexity index is 546. The van der Waals surface area contributed by atoms with Gasteiger partial charge in [0.05, 0.1) is 0 Å². The molecule has 0 aromatic carbocycles. The fourth-order valence-electron chi connectivity index (χ4n) is 2.12. The lowest BCUT2D eigenvalue weighted by Crippen LogP contribution is -2.46. The van der Waals surface area contributed by atoms with Crippen molar-refractivity contribution < 1.29 is 28.8 Å². The molecule has 0 radical (unpaired) electrons. The molecule has 4 atom stereocenters. The first-order chi connectivity index (χ1) is 8.72. The highest BCUT2D eigenvalue weighted by Gasteiger charge is 2.64. The maximum atomic E-state index is 14.4. The largest absolute Gasteiger partial charge is 0.494 e. The molecule has 4 N–H and O–H groups in total. The summed E-state index contributed by atoms with van der Waals surface area (Å²) in [5, 5.41) is 28.0. The molecular formula is C11H13F2NO5. The molecule has 8 heteroatoms. The van der Waals surface area contributed by atoms with Crippen molar-refractivity contribution in [1.82, 2.24) is 4.98 Å². The minimum atomic E-state index is -2.98.